The van der Waals surface area contributed by atoms with E-state index in [4.69, 9.17) is 17.3 Å². The van der Waals surface area contributed by atoms with Crippen LogP contribution < -0.4 is 5.73 Å². The summed E-state index contributed by atoms with van der Waals surface area (Å²) in [6, 6.07) is 16.0. The van der Waals surface area contributed by atoms with E-state index < -0.39 is 0 Å². The van der Waals surface area contributed by atoms with Crippen LogP contribution in [0.4, 0.5) is 5.82 Å². The van der Waals surface area contributed by atoms with Gasteiger partial charge in [0.15, 0.2) is 5.82 Å². The van der Waals surface area contributed by atoms with E-state index in [-0.39, 0.29) is 0 Å². The van der Waals surface area contributed by atoms with E-state index in [0.717, 1.165) is 28.9 Å². The van der Waals surface area contributed by atoms with Crippen molar-refractivity contribution in [3.8, 4) is 28.2 Å². The van der Waals surface area contributed by atoms with Crippen molar-refractivity contribution in [2.75, 3.05) is 19.8 Å². The number of aryl methyl sites for hydroxylation is 1. The SMILES string of the molecule is Cc1ccc(Cl)cc1-n1nnnc1-c1cc(-c2ccc(CN(C)C)cc2)cnc1N. The van der Waals surface area contributed by atoms with Gasteiger partial charge in [-0.05, 0) is 66.3 Å². The minimum atomic E-state index is 0.360. The quantitative estimate of drug-likeness (QED) is 0.526. The first-order chi connectivity index (χ1) is 14.4. The smallest absolute Gasteiger partial charge is 0.190 e. The highest BCUT2D eigenvalue weighted by Gasteiger charge is 2.17. The Kier molecular flexibility index (Phi) is 5.48. The number of nitrogen functional groups attached to an aromatic ring is 1. The summed E-state index contributed by atoms with van der Waals surface area (Å²) >= 11 is 6.19. The lowest BCUT2D eigenvalue weighted by Gasteiger charge is -2.12. The predicted octanol–water partition coefficient (Wildman–Crippen LogP) is 4.00. The van der Waals surface area contributed by atoms with Crippen LogP contribution in [0.25, 0.3) is 28.2 Å². The molecule has 0 spiro atoms. The summed E-state index contributed by atoms with van der Waals surface area (Å²) in [4.78, 5) is 6.53. The molecule has 2 N–H and O–H groups in total. The molecule has 0 saturated heterocycles. The van der Waals surface area contributed by atoms with Gasteiger partial charge in [0, 0.05) is 23.3 Å². The van der Waals surface area contributed by atoms with Crippen molar-refractivity contribution in [3.05, 3.63) is 70.9 Å². The maximum Gasteiger partial charge on any atom is 0.190 e. The summed E-state index contributed by atoms with van der Waals surface area (Å²) in [5.74, 6) is 0.871. The second kappa shape index (κ2) is 8.22. The number of anilines is 1. The van der Waals surface area contributed by atoms with Crippen LogP contribution in [0.1, 0.15) is 11.1 Å². The van der Waals surface area contributed by atoms with Gasteiger partial charge in [0.25, 0.3) is 0 Å². The van der Waals surface area contributed by atoms with Crippen LogP contribution >= 0.6 is 11.6 Å². The van der Waals surface area contributed by atoms with Gasteiger partial charge < -0.3 is 10.6 Å². The molecule has 152 valence electrons. The van der Waals surface area contributed by atoms with E-state index in [9.17, 15) is 0 Å². The number of nitrogens with zero attached hydrogens (tertiary/aromatic N) is 6. The lowest BCUT2D eigenvalue weighted by atomic mass is 10.0. The molecule has 0 aliphatic rings. The lowest BCUT2D eigenvalue weighted by Crippen LogP contribution is -2.10. The fourth-order valence-electron chi connectivity index (χ4n) is 3.31. The standard InChI is InChI=1S/C22H22ClN7/c1-14-4-9-18(23)11-20(14)30-22(26-27-28-30)19-10-17(12-25-21(19)24)16-7-5-15(6-8-16)13-29(2)3/h4-12H,13H2,1-3H3,(H2,24,25). The van der Waals surface area contributed by atoms with Gasteiger partial charge in [-0.25, -0.2) is 4.98 Å². The Morgan fingerprint density at radius 3 is 2.53 bits per heavy atom. The monoisotopic (exact) mass is 419 g/mol. The van der Waals surface area contributed by atoms with E-state index >= 15 is 0 Å². The summed E-state index contributed by atoms with van der Waals surface area (Å²) in [6.07, 6.45) is 1.76. The minimum Gasteiger partial charge on any atom is -0.383 e. The van der Waals surface area contributed by atoms with E-state index in [1.165, 1.54) is 5.56 Å². The number of hydrogen-bond donors (Lipinski definition) is 1. The first-order valence-corrected chi connectivity index (χ1v) is 9.85. The molecule has 4 aromatic rings. The Balaban J connectivity index is 1.75. The van der Waals surface area contributed by atoms with Crippen LogP contribution in [-0.4, -0.2) is 44.2 Å². The van der Waals surface area contributed by atoms with Crippen molar-refractivity contribution >= 4 is 17.4 Å². The molecule has 7 nitrogen and oxygen atoms in total. The first kappa shape index (κ1) is 20.0. The number of nitrogens with two attached hydrogens (primary N) is 1. The Hall–Kier alpha value is -3.29. The summed E-state index contributed by atoms with van der Waals surface area (Å²) in [5.41, 5.74) is 11.9. The first-order valence-electron chi connectivity index (χ1n) is 9.47. The third kappa shape index (κ3) is 4.03. The molecule has 0 saturated carbocycles. The Bertz CT molecular complexity index is 1180. The Labute approximate surface area is 180 Å². The molecule has 0 unspecified atom stereocenters. The Morgan fingerprint density at radius 1 is 1.03 bits per heavy atom. The normalized spacial score (nSPS) is 11.2. The highest BCUT2D eigenvalue weighted by molar-refractivity contribution is 6.30. The number of benzene rings is 2. The van der Waals surface area contributed by atoms with Crippen molar-refractivity contribution in [3.63, 3.8) is 0 Å². The van der Waals surface area contributed by atoms with Gasteiger partial charge in [0.2, 0.25) is 0 Å². The second-order valence-corrected chi connectivity index (χ2v) is 7.87. The van der Waals surface area contributed by atoms with Gasteiger partial charge in [0.05, 0.1) is 11.3 Å². The number of tetrazole rings is 1. The van der Waals surface area contributed by atoms with E-state index in [0.29, 0.717) is 22.2 Å². The summed E-state index contributed by atoms with van der Waals surface area (Å²) in [5, 5.41) is 12.8. The third-order valence-electron chi connectivity index (χ3n) is 4.81. The Morgan fingerprint density at radius 2 is 1.80 bits per heavy atom. The van der Waals surface area contributed by atoms with E-state index in [2.05, 4.69) is 63.8 Å². The molecule has 0 fully saturated rings. The maximum absolute atomic E-state index is 6.20. The zero-order valence-electron chi connectivity index (χ0n) is 17.0. The van der Waals surface area contributed by atoms with Crippen LogP contribution in [0.15, 0.2) is 54.7 Å². The predicted molar refractivity (Wildman–Crippen MR) is 119 cm³/mol. The lowest BCUT2D eigenvalue weighted by molar-refractivity contribution is 0.402. The van der Waals surface area contributed by atoms with Gasteiger partial charge in [-0.15, -0.1) is 5.10 Å². The van der Waals surface area contributed by atoms with Crippen LogP contribution in [0.5, 0.6) is 0 Å². The average Bonchev–Trinajstić information content (AvgIpc) is 3.20. The van der Waals surface area contributed by atoms with Gasteiger partial charge >= 0.3 is 0 Å². The van der Waals surface area contributed by atoms with Crippen LogP contribution in [-0.2, 0) is 6.54 Å². The zero-order valence-corrected chi connectivity index (χ0v) is 17.8. The average molecular weight is 420 g/mol. The van der Waals surface area contributed by atoms with Gasteiger partial charge in [0.1, 0.15) is 5.82 Å². The van der Waals surface area contributed by atoms with Gasteiger partial charge in [-0.3, -0.25) is 0 Å². The van der Waals surface area contributed by atoms with Crippen molar-refractivity contribution in [1.29, 1.82) is 0 Å². The van der Waals surface area contributed by atoms with Crippen molar-refractivity contribution in [2.45, 2.75) is 13.5 Å². The topological polar surface area (TPSA) is 85.8 Å². The van der Waals surface area contributed by atoms with E-state index in [1.54, 1.807) is 10.9 Å². The fourth-order valence-corrected chi connectivity index (χ4v) is 3.47. The molecule has 8 heteroatoms. The number of pyridine rings is 1. The molecule has 0 amide bonds. The highest BCUT2D eigenvalue weighted by atomic mass is 35.5. The molecular formula is C22H22ClN7. The van der Waals surface area contributed by atoms with Crippen molar-refractivity contribution < 1.29 is 0 Å². The summed E-state index contributed by atoms with van der Waals surface area (Å²) < 4.78 is 1.64. The minimum absolute atomic E-state index is 0.360. The van der Waals surface area contributed by atoms with E-state index in [1.807, 2.05) is 31.2 Å². The molecule has 2 heterocycles. The summed E-state index contributed by atoms with van der Waals surface area (Å²) in [7, 11) is 4.10. The second-order valence-electron chi connectivity index (χ2n) is 7.44. The van der Waals surface area contributed by atoms with Crippen LogP contribution in [0.2, 0.25) is 5.02 Å². The third-order valence-corrected chi connectivity index (χ3v) is 5.05. The molecule has 0 aliphatic carbocycles. The molecule has 2 aromatic heterocycles. The highest BCUT2D eigenvalue weighted by Crippen LogP contribution is 2.30. The number of hydrogen-bond acceptors (Lipinski definition) is 6. The molecule has 30 heavy (non-hydrogen) atoms. The number of halogens is 1. The molecule has 0 aliphatic heterocycles. The largest absolute Gasteiger partial charge is 0.383 e. The van der Waals surface area contributed by atoms with Crippen molar-refractivity contribution in [1.82, 2.24) is 30.1 Å². The van der Waals surface area contributed by atoms with Crippen LogP contribution in [0.3, 0.4) is 0 Å². The summed E-state index contributed by atoms with van der Waals surface area (Å²) in [6.45, 7) is 2.86. The van der Waals surface area contributed by atoms with Crippen LogP contribution in [0, 0.1) is 6.92 Å². The molecule has 2 aromatic carbocycles. The van der Waals surface area contributed by atoms with Crippen molar-refractivity contribution in [2.24, 2.45) is 0 Å². The van der Waals surface area contributed by atoms with Gasteiger partial charge in [-0.1, -0.05) is 41.9 Å². The van der Waals surface area contributed by atoms with Gasteiger partial charge in [-0.2, -0.15) is 4.68 Å². The molecule has 0 atom stereocenters. The molecule has 0 radical (unpaired) electrons. The zero-order chi connectivity index (χ0) is 21.3. The number of aromatic nitrogens is 5. The molecular weight excluding hydrogens is 398 g/mol. The molecule has 4 rings (SSSR count). The fraction of sp³-hybridized carbons (Fsp3) is 0.182. The maximum atomic E-state index is 6.20. The number of rotatable bonds is 5. The molecule has 0 bridgehead atoms.